The van der Waals surface area contributed by atoms with Gasteiger partial charge in [0.05, 0.1) is 17.6 Å². The number of benzene rings is 2. The number of rotatable bonds is 8. The summed E-state index contributed by atoms with van der Waals surface area (Å²) in [5, 5.41) is 2.67. The van der Waals surface area contributed by atoms with Crippen LogP contribution in [0.1, 0.15) is 41.6 Å². The topological polar surface area (TPSA) is 102 Å². The van der Waals surface area contributed by atoms with Crippen LogP contribution >= 0.6 is 0 Å². The molecule has 1 aliphatic heterocycles. The van der Waals surface area contributed by atoms with E-state index in [2.05, 4.69) is 5.32 Å². The zero-order valence-corrected chi connectivity index (χ0v) is 19.1. The number of hydrogen-bond acceptors (Lipinski definition) is 6. The fourth-order valence-electron chi connectivity index (χ4n) is 3.59. The third-order valence-corrected chi connectivity index (χ3v) is 7.40. The maximum Gasteiger partial charge on any atom is 0.262 e. The Hall–Kier alpha value is -2.91. The second kappa shape index (κ2) is 10.6. The molecule has 172 valence electrons. The summed E-state index contributed by atoms with van der Waals surface area (Å²) in [5.74, 6) is 0.283. The van der Waals surface area contributed by atoms with Crippen molar-refractivity contribution in [1.29, 1.82) is 0 Å². The molecule has 3 rings (SSSR count). The monoisotopic (exact) mass is 460 g/mol. The van der Waals surface area contributed by atoms with Crippen LogP contribution in [0.3, 0.4) is 0 Å². The zero-order valence-electron chi connectivity index (χ0n) is 18.3. The molecule has 1 fully saturated rings. The van der Waals surface area contributed by atoms with Gasteiger partial charge in [0, 0.05) is 18.8 Å². The summed E-state index contributed by atoms with van der Waals surface area (Å²) in [5.41, 5.74) is 1.25. The lowest BCUT2D eigenvalue weighted by Crippen LogP contribution is -2.32. The molecule has 0 unspecified atom stereocenters. The van der Waals surface area contributed by atoms with Crippen molar-refractivity contribution in [3.8, 4) is 11.5 Å². The molecule has 0 spiro atoms. The van der Waals surface area contributed by atoms with Crippen LogP contribution in [0.15, 0.2) is 41.3 Å². The van der Waals surface area contributed by atoms with Crippen LogP contribution in [0, 0.1) is 6.92 Å². The molecule has 1 N–H and O–H groups in total. The number of aldehydes is 1. The predicted molar refractivity (Wildman–Crippen MR) is 121 cm³/mol. The van der Waals surface area contributed by atoms with E-state index in [1.54, 1.807) is 31.2 Å². The van der Waals surface area contributed by atoms with E-state index < -0.39 is 15.9 Å². The summed E-state index contributed by atoms with van der Waals surface area (Å²) in [6.45, 7) is 2.42. The average molecular weight is 461 g/mol. The highest BCUT2D eigenvalue weighted by atomic mass is 32.2. The number of anilines is 1. The Labute approximate surface area is 188 Å². The van der Waals surface area contributed by atoms with Crippen molar-refractivity contribution < 1.29 is 27.5 Å². The van der Waals surface area contributed by atoms with Crippen LogP contribution in [0.25, 0.3) is 0 Å². The number of carbonyl (C=O) groups excluding carboxylic acids is 2. The van der Waals surface area contributed by atoms with Gasteiger partial charge in [-0.05, 0) is 55.7 Å². The molecule has 9 heteroatoms. The van der Waals surface area contributed by atoms with E-state index in [-0.39, 0.29) is 22.8 Å². The van der Waals surface area contributed by atoms with Gasteiger partial charge in [-0.3, -0.25) is 9.59 Å². The second-order valence-corrected chi connectivity index (χ2v) is 9.56. The predicted octanol–water partition coefficient (Wildman–Crippen LogP) is 3.40. The van der Waals surface area contributed by atoms with Gasteiger partial charge >= 0.3 is 0 Å². The zero-order chi connectivity index (χ0) is 23.1. The van der Waals surface area contributed by atoms with E-state index >= 15 is 0 Å². The van der Waals surface area contributed by atoms with Crippen molar-refractivity contribution in [2.75, 3.05) is 32.1 Å². The standard InChI is InChI=1S/C23H28N2O6S/c1-17-7-8-19(14-22(17)32(28,29)25-11-5-3-4-6-12-25)24-23(27)16-31-21-10-9-20(30-2)13-18(21)15-26/h7-10,13-15H,3-6,11-12,16H2,1-2H3,(H,24,27). The molecule has 32 heavy (non-hydrogen) atoms. The molecule has 0 bridgehead atoms. The molecule has 8 nitrogen and oxygen atoms in total. The number of methoxy groups -OCH3 is 1. The van der Waals surface area contributed by atoms with E-state index in [9.17, 15) is 18.0 Å². The first kappa shape index (κ1) is 23.7. The number of carbonyl (C=O) groups is 2. The molecule has 0 aromatic heterocycles. The number of aryl methyl sites for hydroxylation is 1. The van der Waals surface area contributed by atoms with E-state index in [1.807, 2.05) is 0 Å². The number of sulfonamides is 1. The Morgan fingerprint density at radius 2 is 1.81 bits per heavy atom. The number of hydrogen-bond donors (Lipinski definition) is 1. The normalized spacial score (nSPS) is 14.9. The Kier molecular flexibility index (Phi) is 7.87. The van der Waals surface area contributed by atoms with Crippen LogP contribution in [0.2, 0.25) is 0 Å². The van der Waals surface area contributed by atoms with Crippen LogP contribution in [-0.4, -0.2) is 51.7 Å². The van der Waals surface area contributed by atoms with Gasteiger partial charge in [-0.25, -0.2) is 8.42 Å². The molecule has 0 atom stereocenters. The number of nitrogens with one attached hydrogen (secondary N) is 1. The van der Waals surface area contributed by atoms with Gasteiger partial charge in [0.2, 0.25) is 10.0 Å². The average Bonchev–Trinajstić information content (AvgIpc) is 3.09. The van der Waals surface area contributed by atoms with Crippen molar-refractivity contribution >= 4 is 27.9 Å². The first-order valence-corrected chi connectivity index (χ1v) is 12.0. The molecule has 1 saturated heterocycles. The lowest BCUT2D eigenvalue weighted by molar-refractivity contribution is -0.118. The van der Waals surface area contributed by atoms with Gasteiger partial charge in [0.25, 0.3) is 5.91 Å². The number of amides is 1. The lowest BCUT2D eigenvalue weighted by atomic mass is 10.2. The van der Waals surface area contributed by atoms with Crippen LogP contribution in [0.4, 0.5) is 5.69 Å². The summed E-state index contributed by atoms with van der Waals surface area (Å²) in [6, 6.07) is 9.50. The molecule has 1 heterocycles. The number of ether oxygens (including phenoxy) is 2. The minimum absolute atomic E-state index is 0.191. The molecule has 0 aliphatic carbocycles. The minimum Gasteiger partial charge on any atom is -0.497 e. The third-order valence-electron chi connectivity index (χ3n) is 5.36. The Balaban J connectivity index is 1.70. The summed E-state index contributed by atoms with van der Waals surface area (Å²) in [6.07, 6.45) is 4.37. The van der Waals surface area contributed by atoms with Crippen LogP contribution in [-0.2, 0) is 14.8 Å². The molecule has 0 radical (unpaired) electrons. The smallest absolute Gasteiger partial charge is 0.262 e. The van der Waals surface area contributed by atoms with Gasteiger partial charge in [0.1, 0.15) is 11.5 Å². The highest BCUT2D eigenvalue weighted by Crippen LogP contribution is 2.26. The highest BCUT2D eigenvalue weighted by Gasteiger charge is 2.27. The molecule has 2 aromatic rings. The maximum absolute atomic E-state index is 13.2. The summed E-state index contributed by atoms with van der Waals surface area (Å²) >= 11 is 0. The summed E-state index contributed by atoms with van der Waals surface area (Å²) < 4.78 is 38.4. The SMILES string of the molecule is COc1ccc(OCC(=O)Nc2ccc(C)c(S(=O)(=O)N3CCCCCC3)c2)c(C=O)c1. The lowest BCUT2D eigenvalue weighted by Gasteiger charge is -2.21. The van der Waals surface area contributed by atoms with Gasteiger partial charge in [-0.15, -0.1) is 0 Å². The highest BCUT2D eigenvalue weighted by molar-refractivity contribution is 7.89. The van der Waals surface area contributed by atoms with Crippen molar-refractivity contribution in [1.82, 2.24) is 4.31 Å². The summed E-state index contributed by atoms with van der Waals surface area (Å²) in [4.78, 5) is 23.8. The van der Waals surface area contributed by atoms with Gasteiger partial charge < -0.3 is 14.8 Å². The Morgan fingerprint density at radius 3 is 2.47 bits per heavy atom. The van der Waals surface area contributed by atoms with Crippen LogP contribution < -0.4 is 14.8 Å². The van der Waals surface area contributed by atoms with E-state index in [0.29, 0.717) is 36.4 Å². The number of nitrogens with zero attached hydrogens (tertiary/aromatic N) is 1. The second-order valence-electron chi connectivity index (χ2n) is 7.66. The van der Waals surface area contributed by atoms with Gasteiger partial charge in [-0.1, -0.05) is 18.9 Å². The minimum atomic E-state index is -3.65. The quantitative estimate of drug-likeness (QED) is 0.606. The van der Waals surface area contributed by atoms with Crippen molar-refractivity contribution in [2.45, 2.75) is 37.5 Å². The third kappa shape index (κ3) is 5.66. The van der Waals surface area contributed by atoms with Crippen molar-refractivity contribution in [3.05, 3.63) is 47.5 Å². The van der Waals surface area contributed by atoms with Crippen molar-refractivity contribution in [3.63, 3.8) is 0 Å². The van der Waals surface area contributed by atoms with E-state index in [0.717, 1.165) is 25.7 Å². The first-order chi connectivity index (χ1) is 15.3. The molecular formula is C23H28N2O6S. The Bertz CT molecular complexity index is 1080. The molecule has 1 aliphatic rings. The van der Waals surface area contributed by atoms with Gasteiger partial charge in [0.15, 0.2) is 12.9 Å². The van der Waals surface area contributed by atoms with Crippen LogP contribution in [0.5, 0.6) is 11.5 Å². The fraction of sp³-hybridized carbons (Fsp3) is 0.391. The first-order valence-electron chi connectivity index (χ1n) is 10.5. The fourth-order valence-corrected chi connectivity index (χ4v) is 5.36. The molecule has 0 saturated carbocycles. The maximum atomic E-state index is 13.2. The van der Waals surface area contributed by atoms with E-state index in [4.69, 9.17) is 9.47 Å². The van der Waals surface area contributed by atoms with E-state index in [1.165, 1.54) is 23.5 Å². The molecular weight excluding hydrogens is 432 g/mol. The summed E-state index contributed by atoms with van der Waals surface area (Å²) in [7, 11) is -2.16. The van der Waals surface area contributed by atoms with Gasteiger partial charge in [-0.2, -0.15) is 4.31 Å². The van der Waals surface area contributed by atoms with Crippen molar-refractivity contribution in [2.24, 2.45) is 0 Å². The Morgan fingerprint density at radius 1 is 1.09 bits per heavy atom. The molecule has 1 amide bonds. The largest absolute Gasteiger partial charge is 0.497 e. The molecule has 2 aromatic carbocycles.